The minimum atomic E-state index is -0.330. The normalized spacial score (nSPS) is 11.3. The van der Waals surface area contributed by atoms with Crippen molar-refractivity contribution in [3.63, 3.8) is 0 Å². The third-order valence-corrected chi connectivity index (χ3v) is 2.69. The highest BCUT2D eigenvalue weighted by Gasteiger charge is 2.12. The molecule has 0 atom stereocenters. The van der Waals surface area contributed by atoms with E-state index in [1.54, 1.807) is 6.92 Å². The first-order valence-corrected chi connectivity index (χ1v) is 7.45. The molecule has 0 aromatic carbocycles. The van der Waals surface area contributed by atoms with Crippen molar-refractivity contribution in [2.24, 2.45) is 0 Å². The van der Waals surface area contributed by atoms with Crippen LogP contribution in [0.5, 0.6) is 0 Å². The van der Waals surface area contributed by atoms with Gasteiger partial charge < -0.3 is 14.4 Å². The molecule has 0 aliphatic rings. The van der Waals surface area contributed by atoms with Crippen molar-refractivity contribution in [2.45, 2.75) is 53.4 Å². The minimum Gasteiger partial charge on any atom is -0.479 e. The summed E-state index contributed by atoms with van der Waals surface area (Å²) in [6.45, 7) is 10.8. The Hall–Kier alpha value is -1.19. The molecule has 0 saturated carbocycles. The smallest absolute Gasteiger partial charge is 0.336 e. The highest BCUT2D eigenvalue weighted by Crippen LogP contribution is 2.10. The van der Waals surface area contributed by atoms with E-state index in [0.717, 1.165) is 38.8 Å². The molecule has 0 bridgehead atoms. The molecule has 0 N–H and O–H groups in total. The number of hydrogen-bond donors (Lipinski definition) is 0. The van der Waals surface area contributed by atoms with Gasteiger partial charge in [-0.15, -0.1) is 0 Å². The maximum Gasteiger partial charge on any atom is 0.336 e. The summed E-state index contributed by atoms with van der Waals surface area (Å²) >= 11 is 0. The molecule has 0 heterocycles. The van der Waals surface area contributed by atoms with Crippen molar-refractivity contribution in [2.75, 3.05) is 26.3 Å². The van der Waals surface area contributed by atoms with E-state index >= 15 is 0 Å². The zero-order valence-corrected chi connectivity index (χ0v) is 12.9. The molecular formula is C15H29NO3. The lowest BCUT2D eigenvalue weighted by molar-refractivity contribution is -0.137. The average Bonchev–Trinajstić information content (AvgIpc) is 2.39. The number of nitrogens with zero attached hydrogens (tertiary/aromatic N) is 1. The summed E-state index contributed by atoms with van der Waals surface area (Å²) in [5, 5.41) is 0. The van der Waals surface area contributed by atoms with Crippen LogP contribution in [-0.4, -0.2) is 37.2 Å². The van der Waals surface area contributed by atoms with Crippen molar-refractivity contribution >= 4 is 5.97 Å². The number of carbonyl (C=O) groups is 1. The molecule has 0 saturated heterocycles. The van der Waals surface area contributed by atoms with Crippen molar-refractivity contribution in [3.05, 3.63) is 12.0 Å². The number of carbonyl (C=O) groups excluding carboxylic acids is 1. The molecule has 19 heavy (non-hydrogen) atoms. The summed E-state index contributed by atoms with van der Waals surface area (Å²) in [5.74, 6) is 0.312. The van der Waals surface area contributed by atoms with Gasteiger partial charge in [0.1, 0.15) is 0 Å². The van der Waals surface area contributed by atoms with Crippen LogP contribution in [0.4, 0.5) is 0 Å². The lowest BCUT2D eigenvalue weighted by Gasteiger charge is -2.26. The van der Waals surface area contributed by atoms with Crippen LogP contribution in [0.25, 0.3) is 0 Å². The average molecular weight is 271 g/mol. The van der Waals surface area contributed by atoms with Gasteiger partial charge in [0.2, 0.25) is 0 Å². The number of rotatable bonds is 11. The molecular weight excluding hydrogens is 242 g/mol. The van der Waals surface area contributed by atoms with Crippen LogP contribution in [0.15, 0.2) is 12.0 Å². The lowest BCUT2D eigenvalue weighted by Crippen LogP contribution is -2.28. The Kier molecular flexibility index (Phi) is 11.1. The Balaban J connectivity index is 4.74. The van der Waals surface area contributed by atoms with Gasteiger partial charge in [0, 0.05) is 13.1 Å². The fraction of sp³-hybridized carbons (Fsp3) is 0.800. The maximum absolute atomic E-state index is 11.6. The van der Waals surface area contributed by atoms with Gasteiger partial charge in [-0.25, -0.2) is 4.79 Å². The molecule has 0 spiro atoms. The zero-order valence-electron chi connectivity index (χ0n) is 12.9. The van der Waals surface area contributed by atoms with Crippen LogP contribution >= 0.6 is 0 Å². The first-order chi connectivity index (χ1) is 9.19. The van der Waals surface area contributed by atoms with Gasteiger partial charge in [-0.1, -0.05) is 26.7 Å². The Morgan fingerprint density at radius 3 is 1.89 bits per heavy atom. The largest absolute Gasteiger partial charge is 0.479 e. The van der Waals surface area contributed by atoms with Gasteiger partial charge in [-0.05, 0) is 26.7 Å². The van der Waals surface area contributed by atoms with Gasteiger partial charge >= 0.3 is 5.97 Å². The van der Waals surface area contributed by atoms with Gasteiger partial charge in [0.05, 0.1) is 19.3 Å². The van der Waals surface area contributed by atoms with E-state index in [9.17, 15) is 4.79 Å². The summed E-state index contributed by atoms with van der Waals surface area (Å²) in [4.78, 5) is 13.7. The van der Waals surface area contributed by atoms with Crippen molar-refractivity contribution in [1.82, 2.24) is 4.90 Å². The maximum atomic E-state index is 11.6. The van der Waals surface area contributed by atoms with Crippen molar-refractivity contribution in [3.8, 4) is 0 Å². The van der Waals surface area contributed by atoms with E-state index in [0.29, 0.717) is 19.1 Å². The lowest BCUT2D eigenvalue weighted by atomic mass is 10.2. The molecule has 112 valence electrons. The van der Waals surface area contributed by atoms with Crippen LogP contribution in [0.2, 0.25) is 0 Å². The molecule has 4 heteroatoms. The predicted octanol–water partition coefficient (Wildman–Crippen LogP) is 3.33. The highest BCUT2D eigenvalue weighted by molar-refractivity contribution is 5.82. The number of esters is 1. The number of unbranched alkanes of at least 4 members (excludes halogenated alkanes) is 2. The second kappa shape index (κ2) is 11.9. The Morgan fingerprint density at radius 2 is 1.47 bits per heavy atom. The predicted molar refractivity (Wildman–Crippen MR) is 77.7 cm³/mol. The summed E-state index contributed by atoms with van der Waals surface area (Å²) in [5.41, 5.74) is 0. The second-order valence-electron chi connectivity index (χ2n) is 4.36. The molecule has 0 aromatic heterocycles. The summed E-state index contributed by atoms with van der Waals surface area (Å²) in [7, 11) is 0. The summed E-state index contributed by atoms with van der Waals surface area (Å²) in [6, 6.07) is 0. The molecule has 0 radical (unpaired) electrons. The van der Waals surface area contributed by atoms with Crippen molar-refractivity contribution < 1.29 is 14.3 Å². The van der Waals surface area contributed by atoms with E-state index in [1.165, 1.54) is 6.08 Å². The van der Waals surface area contributed by atoms with Crippen LogP contribution in [0.3, 0.4) is 0 Å². The minimum absolute atomic E-state index is 0.330. The second-order valence-corrected chi connectivity index (χ2v) is 4.36. The van der Waals surface area contributed by atoms with Crippen LogP contribution in [0.1, 0.15) is 53.4 Å². The summed E-state index contributed by atoms with van der Waals surface area (Å²) in [6.07, 6.45) is 5.91. The van der Waals surface area contributed by atoms with E-state index < -0.39 is 0 Å². The standard InChI is InChI=1S/C15H29NO3/c1-5-9-11-16(12-10-6-2)14(18-7-3)13-15(17)19-8-4/h13H,5-12H2,1-4H3. The van der Waals surface area contributed by atoms with E-state index in [1.807, 2.05) is 6.92 Å². The molecule has 0 aliphatic heterocycles. The quantitative estimate of drug-likeness (QED) is 0.328. The highest BCUT2D eigenvalue weighted by atomic mass is 16.5. The van der Waals surface area contributed by atoms with Gasteiger partial charge in [-0.3, -0.25) is 0 Å². The third kappa shape index (κ3) is 8.51. The first kappa shape index (κ1) is 17.8. The molecule has 4 nitrogen and oxygen atoms in total. The number of hydrogen-bond acceptors (Lipinski definition) is 4. The third-order valence-electron chi connectivity index (χ3n) is 2.69. The number of ether oxygens (including phenoxy) is 2. The van der Waals surface area contributed by atoms with Crippen LogP contribution in [-0.2, 0) is 14.3 Å². The molecule has 0 rings (SSSR count). The molecule has 0 aromatic rings. The van der Waals surface area contributed by atoms with Crippen LogP contribution in [0, 0.1) is 0 Å². The fourth-order valence-electron chi connectivity index (χ4n) is 1.69. The molecule has 0 fully saturated rings. The zero-order chi connectivity index (χ0) is 14.5. The van der Waals surface area contributed by atoms with Crippen molar-refractivity contribution in [1.29, 1.82) is 0 Å². The van der Waals surface area contributed by atoms with E-state index in [-0.39, 0.29) is 5.97 Å². The fourth-order valence-corrected chi connectivity index (χ4v) is 1.69. The van der Waals surface area contributed by atoms with Gasteiger partial charge in [0.15, 0.2) is 5.88 Å². The molecule has 0 amide bonds. The first-order valence-electron chi connectivity index (χ1n) is 7.45. The molecule has 0 aliphatic carbocycles. The summed E-state index contributed by atoms with van der Waals surface area (Å²) < 4.78 is 10.6. The van der Waals surface area contributed by atoms with Crippen LogP contribution < -0.4 is 0 Å². The monoisotopic (exact) mass is 271 g/mol. The molecule has 0 unspecified atom stereocenters. The van der Waals surface area contributed by atoms with E-state index in [2.05, 4.69) is 18.7 Å². The van der Waals surface area contributed by atoms with Gasteiger partial charge in [-0.2, -0.15) is 0 Å². The topological polar surface area (TPSA) is 38.8 Å². The Morgan fingerprint density at radius 1 is 0.947 bits per heavy atom. The van der Waals surface area contributed by atoms with Gasteiger partial charge in [0.25, 0.3) is 0 Å². The Bertz CT molecular complexity index is 256. The Labute approximate surface area is 117 Å². The SMILES string of the molecule is CCCCN(CCCC)C(=CC(=O)OCC)OCC. The van der Waals surface area contributed by atoms with E-state index in [4.69, 9.17) is 9.47 Å².